The van der Waals surface area contributed by atoms with Gasteiger partial charge in [-0.1, -0.05) is 13.3 Å². The van der Waals surface area contributed by atoms with Crippen molar-refractivity contribution >= 4 is 11.5 Å². The van der Waals surface area contributed by atoms with E-state index in [1.807, 2.05) is 17.6 Å². The minimum Gasteiger partial charge on any atom is -0.459 e. The lowest BCUT2D eigenvalue weighted by Gasteiger charge is -2.27. The molecular weight excluding hydrogens is 304 g/mol. The van der Waals surface area contributed by atoms with Gasteiger partial charge in [0.2, 0.25) is 0 Å². The number of anilines is 1. The van der Waals surface area contributed by atoms with E-state index < -0.39 is 0 Å². The molecule has 3 atom stereocenters. The standard InChI is InChI=1S/C17H28N6O/c1-4-5-12(3)24-17-21-15(18)16-20-10-14(23(16)22-17)9-13-6-7-19-11(2)8-13/h10-13,19H,4-9H2,1-3H3,(H2,18,21,22)/t11-,12-,13-/m0/s1. The average molecular weight is 332 g/mol. The SMILES string of the molecule is CCC[C@H](C)Oc1nc(N)c2ncc(C[C@H]3CCN[C@@H](C)C3)n2n1. The predicted octanol–water partition coefficient (Wildman–Crippen LogP) is 2.20. The highest BCUT2D eigenvalue weighted by Crippen LogP contribution is 2.23. The molecule has 0 unspecified atom stereocenters. The van der Waals surface area contributed by atoms with Gasteiger partial charge in [0.05, 0.1) is 18.0 Å². The number of piperidine rings is 1. The maximum Gasteiger partial charge on any atom is 0.336 e. The minimum absolute atomic E-state index is 0.0732. The molecule has 24 heavy (non-hydrogen) atoms. The van der Waals surface area contributed by atoms with Crippen LogP contribution in [0.15, 0.2) is 6.20 Å². The van der Waals surface area contributed by atoms with Crippen molar-refractivity contribution in [3.05, 3.63) is 11.9 Å². The van der Waals surface area contributed by atoms with Crippen LogP contribution < -0.4 is 15.8 Å². The molecular formula is C17H28N6O. The average Bonchev–Trinajstić information content (AvgIpc) is 2.91. The maximum atomic E-state index is 6.05. The molecule has 3 heterocycles. The summed E-state index contributed by atoms with van der Waals surface area (Å²) in [5.74, 6) is 1.01. The molecule has 3 N–H and O–H groups in total. The quantitative estimate of drug-likeness (QED) is 0.843. The molecule has 7 heteroatoms. The van der Waals surface area contributed by atoms with E-state index in [1.165, 1.54) is 12.8 Å². The zero-order valence-electron chi connectivity index (χ0n) is 14.8. The van der Waals surface area contributed by atoms with Gasteiger partial charge in [0.1, 0.15) is 0 Å². The number of nitrogens with zero attached hydrogens (tertiary/aromatic N) is 4. The van der Waals surface area contributed by atoms with Gasteiger partial charge in [0.15, 0.2) is 11.5 Å². The van der Waals surface area contributed by atoms with Crippen LogP contribution in [0.2, 0.25) is 0 Å². The lowest BCUT2D eigenvalue weighted by atomic mass is 9.89. The number of imidazole rings is 1. The zero-order chi connectivity index (χ0) is 17.1. The summed E-state index contributed by atoms with van der Waals surface area (Å²) in [6, 6.07) is 0.898. The number of rotatable bonds is 6. The molecule has 0 aromatic carbocycles. The van der Waals surface area contributed by atoms with E-state index >= 15 is 0 Å². The Hall–Kier alpha value is -1.89. The highest BCUT2D eigenvalue weighted by atomic mass is 16.5. The Morgan fingerprint density at radius 1 is 1.50 bits per heavy atom. The fourth-order valence-corrected chi connectivity index (χ4v) is 3.48. The fraction of sp³-hybridized carbons (Fsp3) is 0.706. The lowest BCUT2D eigenvalue weighted by Crippen LogP contribution is -2.36. The Morgan fingerprint density at radius 2 is 2.33 bits per heavy atom. The van der Waals surface area contributed by atoms with Crippen LogP contribution in [0.4, 0.5) is 5.82 Å². The van der Waals surface area contributed by atoms with Crippen molar-refractivity contribution in [2.24, 2.45) is 5.92 Å². The van der Waals surface area contributed by atoms with Gasteiger partial charge in [0, 0.05) is 6.04 Å². The van der Waals surface area contributed by atoms with Crippen LogP contribution in [0, 0.1) is 5.92 Å². The molecule has 1 aliphatic heterocycles. The number of ether oxygens (including phenoxy) is 1. The third-order valence-corrected chi connectivity index (χ3v) is 4.67. The Labute approximate surface area is 143 Å². The molecule has 2 aromatic heterocycles. The number of nitrogens with one attached hydrogen (secondary N) is 1. The maximum absolute atomic E-state index is 6.05. The first-order valence-corrected chi connectivity index (χ1v) is 8.97. The topological polar surface area (TPSA) is 90.4 Å². The van der Waals surface area contributed by atoms with Gasteiger partial charge in [0.25, 0.3) is 0 Å². The van der Waals surface area contributed by atoms with Crippen LogP contribution in [-0.4, -0.2) is 38.3 Å². The molecule has 2 aromatic rings. The summed E-state index contributed by atoms with van der Waals surface area (Å²) in [4.78, 5) is 8.65. The van der Waals surface area contributed by atoms with Crippen molar-refractivity contribution in [1.29, 1.82) is 0 Å². The first-order chi connectivity index (χ1) is 11.6. The summed E-state index contributed by atoms with van der Waals surface area (Å²) in [6.45, 7) is 7.47. The Kier molecular flexibility index (Phi) is 5.18. The summed E-state index contributed by atoms with van der Waals surface area (Å²) in [7, 11) is 0. The molecule has 1 saturated heterocycles. The summed E-state index contributed by atoms with van der Waals surface area (Å²) >= 11 is 0. The molecule has 7 nitrogen and oxygen atoms in total. The smallest absolute Gasteiger partial charge is 0.336 e. The van der Waals surface area contributed by atoms with Crippen LogP contribution in [0.5, 0.6) is 6.01 Å². The minimum atomic E-state index is 0.0732. The normalized spacial score (nSPS) is 22.6. The van der Waals surface area contributed by atoms with Gasteiger partial charge < -0.3 is 15.8 Å². The number of aromatic nitrogens is 4. The Morgan fingerprint density at radius 3 is 3.08 bits per heavy atom. The van der Waals surface area contributed by atoms with Crippen LogP contribution in [0.1, 0.15) is 52.1 Å². The van der Waals surface area contributed by atoms with E-state index in [9.17, 15) is 0 Å². The van der Waals surface area contributed by atoms with Crippen molar-refractivity contribution in [1.82, 2.24) is 24.9 Å². The molecule has 0 radical (unpaired) electrons. The van der Waals surface area contributed by atoms with Gasteiger partial charge in [-0.15, -0.1) is 5.10 Å². The largest absolute Gasteiger partial charge is 0.459 e. The molecule has 1 aliphatic rings. The highest BCUT2D eigenvalue weighted by Gasteiger charge is 2.21. The second-order valence-corrected chi connectivity index (χ2v) is 6.93. The van der Waals surface area contributed by atoms with E-state index in [2.05, 4.69) is 34.2 Å². The van der Waals surface area contributed by atoms with Crippen LogP contribution >= 0.6 is 0 Å². The molecule has 0 saturated carbocycles. The fourth-order valence-electron chi connectivity index (χ4n) is 3.48. The first-order valence-electron chi connectivity index (χ1n) is 8.97. The number of hydrogen-bond donors (Lipinski definition) is 2. The molecule has 0 bridgehead atoms. The van der Waals surface area contributed by atoms with Gasteiger partial charge in [-0.25, -0.2) is 9.50 Å². The monoisotopic (exact) mass is 332 g/mol. The van der Waals surface area contributed by atoms with E-state index in [0.29, 0.717) is 29.4 Å². The van der Waals surface area contributed by atoms with Crippen LogP contribution in [-0.2, 0) is 6.42 Å². The van der Waals surface area contributed by atoms with Crippen LogP contribution in [0.3, 0.4) is 0 Å². The Bertz CT molecular complexity index is 685. The summed E-state index contributed by atoms with van der Waals surface area (Å²) in [6.07, 6.45) is 7.26. The van der Waals surface area contributed by atoms with Gasteiger partial charge in [-0.3, -0.25) is 0 Å². The number of nitrogen functional groups attached to an aromatic ring is 1. The van der Waals surface area contributed by atoms with Crippen molar-refractivity contribution in [3.63, 3.8) is 0 Å². The van der Waals surface area contributed by atoms with Crippen molar-refractivity contribution in [2.75, 3.05) is 12.3 Å². The van der Waals surface area contributed by atoms with Gasteiger partial charge in [-0.2, -0.15) is 4.98 Å². The highest BCUT2D eigenvalue weighted by molar-refractivity contribution is 5.59. The van der Waals surface area contributed by atoms with Gasteiger partial charge >= 0.3 is 6.01 Å². The molecule has 0 spiro atoms. The number of hydrogen-bond acceptors (Lipinski definition) is 6. The lowest BCUT2D eigenvalue weighted by molar-refractivity contribution is 0.189. The van der Waals surface area contributed by atoms with E-state index in [-0.39, 0.29) is 6.10 Å². The summed E-state index contributed by atoms with van der Waals surface area (Å²) in [5.41, 5.74) is 7.74. The molecule has 3 rings (SSSR count). The zero-order valence-corrected chi connectivity index (χ0v) is 14.8. The molecule has 1 fully saturated rings. The second-order valence-electron chi connectivity index (χ2n) is 6.93. The third-order valence-electron chi connectivity index (χ3n) is 4.67. The van der Waals surface area contributed by atoms with Crippen molar-refractivity contribution in [2.45, 2.75) is 65.0 Å². The van der Waals surface area contributed by atoms with E-state index in [1.54, 1.807) is 0 Å². The Balaban J connectivity index is 1.82. The summed E-state index contributed by atoms with van der Waals surface area (Å²) < 4.78 is 7.62. The van der Waals surface area contributed by atoms with Crippen molar-refractivity contribution < 1.29 is 4.74 Å². The first kappa shape index (κ1) is 17.0. The molecule has 132 valence electrons. The van der Waals surface area contributed by atoms with Crippen LogP contribution in [0.25, 0.3) is 5.65 Å². The molecule has 0 aliphatic carbocycles. The predicted molar refractivity (Wildman–Crippen MR) is 94.1 cm³/mol. The van der Waals surface area contributed by atoms with E-state index in [0.717, 1.165) is 31.5 Å². The molecule has 0 amide bonds. The third kappa shape index (κ3) is 3.77. The number of fused-ring (bicyclic) bond motifs is 1. The summed E-state index contributed by atoms with van der Waals surface area (Å²) in [5, 5.41) is 8.02. The van der Waals surface area contributed by atoms with Gasteiger partial charge in [-0.05, 0) is 52.0 Å². The van der Waals surface area contributed by atoms with Crippen molar-refractivity contribution in [3.8, 4) is 6.01 Å². The number of nitrogens with two attached hydrogens (primary N) is 1. The van der Waals surface area contributed by atoms with E-state index in [4.69, 9.17) is 10.5 Å². The second kappa shape index (κ2) is 7.34.